The molecule has 86 valence electrons. The Morgan fingerprint density at radius 3 is 2.82 bits per heavy atom. The third-order valence-corrected chi connectivity index (χ3v) is 2.35. The van der Waals surface area contributed by atoms with E-state index in [1.165, 1.54) is 0 Å². The number of benzene rings is 1. The second-order valence-electron chi connectivity index (χ2n) is 3.52. The van der Waals surface area contributed by atoms with E-state index < -0.39 is 0 Å². The van der Waals surface area contributed by atoms with Crippen LogP contribution in [-0.2, 0) is 6.54 Å². The molecule has 17 heavy (non-hydrogen) atoms. The molecule has 0 aliphatic rings. The average Bonchev–Trinajstić information content (AvgIpc) is 2.84. The smallest absolute Gasteiger partial charge is 0.117 e. The summed E-state index contributed by atoms with van der Waals surface area (Å²) in [4.78, 5) is 0. The van der Waals surface area contributed by atoms with Crippen LogP contribution in [0.1, 0.15) is 12.6 Å². The first kappa shape index (κ1) is 11.4. The van der Waals surface area contributed by atoms with Gasteiger partial charge in [0.25, 0.3) is 0 Å². The van der Waals surface area contributed by atoms with Crippen LogP contribution in [0.5, 0.6) is 0 Å². The molecule has 0 amide bonds. The summed E-state index contributed by atoms with van der Waals surface area (Å²) in [7, 11) is 0. The number of nitrogens with one attached hydrogen (secondary N) is 2. The third-order valence-electron chi connectivity index (χ3n) is 2.35. The first-order valence-corrected chi connectivity index (χ1v) is 5.47. The standard InChI is InChI=1S/C13H14N4/c1-2-3-9-14-10-12-13(16-17-15-12)11-7-5-4-6-8-11/h4-8,14H,9-10H2,1H3,(H,15,16,17). The molecule has 4 nitrogen and oxygen atoms in total. The van der Waals surface area contributed by atoms with Gasteiger partial charge in [-0.25, -0.2) is 0 Å². The largest absolute Gasteiger partial charge is 0.300 e. The lowest BCUT2D eigenvalue weighted by molar-refractivity contribution is 0.744. The van der Waals surface area contributed by atoms with Crippen LogP contribution in [0, 0.1) is 11.8 Å². The minimum atomic E-state index is 0.662. The highest BCUT2D eigenvalue weighted by molar-refractivity contribution is 5.60. The van der Waals surface area contributed by atoms with Gasteiger partial charge >= 0.3 is 0 Å². The van der Waals surface area contributed by atoms with Crippen molar-refractivity contribution in [1.82, 2.24) is 20.7 Å². The Kier molecular flexibility index (Phi) is 3.90. The monoisotopic (exact) mass is 226 g/mol. The Morgan fingerprint density at radius 2 is 2.06 bits per heavy atom. The molecular formula is C13H14N4. The molecule has 0 aliphatic carbocycles. The van der Waals surface area contributed by atoms with E-state index in [9.17, 15) is 0 Å². The normalized spacial score (nSPS) is 9.71. The highest BCUT2D eigenvalue weighted by Gasteiger charge is 2.08. The molecule has 0 atom stereocenters. The van der Waals surface area contributed by atoms with Crippen LogP contribution in [0.3, 0.4) is 0 Å². The van der Waals surface area contributed by atoms with E-state index in [-0.39, 0.29) is 0 Å². The molecule has 0 aliphatic heterocycles. The maximum absolute atomic E-state index is 4.17. The fraction of sp³-hybridized carbons (Fsp3) is 0.231. The van der Waals surface area contributed by atoms with Crippen molar-refractivity contribution in [2.75, 3.05) is 6.54 Å². The molecular weight excluding hydrogens is 212 g/mol. The molecule has 0 saturated heterocycles. The predicted molar refractivity (Wildman–Crippen MR) is 67.0 cm³/mol. The van der Waals surface area contributed by atoms with Gasteiger partial charge in [-0.3, -0.25) is 0 Å². The van der Waals surface area contributed by atoms with Gasteiger partial charge in [-0.1, -0.05) is 36.3 Å². The van der Waals surface area contributed by atoms with Crippen molar-refractivity contribution in [3.8, 4) is 23.1 Å². The zero-order valence-corrected chi connectivity index (χ0v) is 9.70. The summed E-state index contributed by atoms with van der Waals surface area (Å²) in [6, 6.07) is 10.0. The predicted octanol–water partition coefficient (Wildman–Crippen LogP) is 1.58. The van der Waals surface area contributed by atoms with E-state index >= 15 is 0 Å². The van der Waals surface area contributed by atoms with Crippen molar-refractivity contribution in [3.63, 3.8) is 0 Å². The van der Waals surface area contributed by atoms with Crippen LogP contribution in [0.15, 0.2) is 30.3 Å². The minimum Gasteiger partial charge on any atom is -0.300 e. The summed E-state index contributed by atoms with van der Waals surface area (Å²) >= 11 is 0. The summed E-state index contributed by atoms with van der Waals surface area (Å²) in [5.41, 5.74) is 2.87. The Bertz CT molecular complexity index is 519. The van der Waals surface area contributed by atoms with Crippen molar-refractivity contribution in [2.45, 2.75) is 13.5 Å². The molecule has 1 heterocycles. The van der Waals surface area contributed by atoms with Crippen molar-refractivity contribution in [1.29, 1.82) is 0 Å². The van der Waals surface area contributed by atoms with E-state index in [2.05, 4.69) is 32.6 Å². The number of rotatable bonds is 4. The second kappa shape index (κ2) is 5.83. The molecule has 0 saturated carbocycles. The molecule has 2 N–H and O–H groups in total. The summed E-state index contributed by atoms with van der Waals surface area (Å²) in [5.74, 6) is 5.79. The maximum Gasteiger partial charge on any atom is 0.117 e. The number of H-pyrrole nitrogens is 1. The van der Waals surface area contributed by atoms with Crippen LogP contribution in [0.4, 0.5) is 0 Å². The minimum absolute atomic E-state index is 0.662. The van der Waals surface area contributed by atoms with Crippen molar-refractivity contribution in [3.05, 3.63) is 36.0 Å². The number of nitrogens with zero attached hydrogens (tertiary/aromatic N) is 2. The Labute approximate surface area is 100 Å². The van der Waals surface area contributed by atoms with E-state index in [1.54, 1.807) is 0 Å². The highest BCUT2D eigenvalue weighted by Crippen LogP contribution is 2.18. The third kappa shape index (κ3) is 2.92. The topological polar surface area (TPSA) is 53.6 Å². The molecule has 2 rings (SSSR count). The van der Waals surface area contributed by atoms with Crippen LogP contribution in [0.25, 0.3) is 11.3 Å². The fourth-order valence-electron chi connectivity index (χ4n) is 1.54. The van der Waals surface area contributed by atoms with Crippen molar-refractivity contribution < 1.29 is 0 Å². The van der Waals surface area contributed by atoms with Crippen LogP contribution in [0.2, 0.25) is 0 Å². The fourth-order valence-corrected chi connectivity index (χ4v) is 1.54. The number of hydrogen-bond acceptors (Lipinski definition) is 3. The molecule has 1 aromatic heterocycles. The first-order chi connectivity index (χ1) is 8.42. The highest BCUT2D eigenvalue weighted by atomic mass is 15.3. The lowest BCUT2D eigenvalue weighted by atomic mass is 10.1. The number of aromatic nitrogens is 3. The second-order valence-corrected chi connectivity index (χ2v) is 3.52. The van der Waals surface area contributed by atoms with E-state index in [4.69, 9.17) is 0 Å². The summed E-state index contributed by atoms with van der Waals surface area (Å²) in [5, 5.41) is 14.2. The summed E-state index contributed by atoms with van der Waals surface area (Å²) < 4.78 is 0. The maximum atomic E-state index is 4.17. The lowest BCUT2D eigenvalue weighted by Gasteiger charge is -2.00. The van der Waals surface area contributed by atoms with Gasteiger partial charge in [0, 0.05) is 12.1 Å². The van der Waals surface area contributed by atoms with Gasteiger partial charge in [0.1, 0.15) is 11.4 Å². The SMILES string of the molecule is CC#CCNCc1n[nH]nc1-c1ccccc1. The molecule has 4 heteroatoms. The van der Waals surface area contributed by atoms with Gasteiger partial charge in [-0.05, 0) is 6.92 Å². The van der Waals surface area contributed by atoms with Gasteiger partial charge in [0.15, 0.2) is 0 Å². The van der Waals surface area contributed by atoms with E-state index in [0.717, 1.165) is 17.0 Å². The molecule has 0 radical (unpaired) electrons. The van der Waals surface area contributed by atoms with Crippen molar-refractivity contribution in [2.24, 2.45) is 0 Å². The van der Waals surface area contributed by atoms with Crippen LogP contribution >= 0.6 is 0 Å². The van der Waals surface area contributed by atoms with Crippen LogP contribution < -0.4 is 5.32 Å². The molecule has 0 unspecified atom stereocenters. The lowest BCUT2D eigenvalue weighted by Crippen LogP contribution is -2.14. The average molecular weight is 226 g/mol. The van der Waals surface area contributed by atoms with Gasteiger partial charge in [0.05, 0.1) is 6.54 Å². The van der Waals surface area contributed by atoms with Gasteiger partial charge in [-0.2, -0.15) is 15.4 Å². The van der Waals surface area contributed by atoms with Crippen molar-refractivity contribution >= 4 is 0 Å². The summed E-state index contributed by atoms with van der Waals surface area (Å²) in [6.45, 7) is 3.15. The van der Waals surface area contributed by atoms with E-state index in [1.807, 2.05) is 37.3 Å². The Morgan fingerprint density at radius 1 is 1.24 bits per heavy atom. The molecule has 0 bridgehead atoms. The summed E-state index contributed by atoms with van der Waals surface area (Å²) in [6.07, 6.45) is 0. The van der Waals surface area contributed by atoms with Gasteiger partial charge in [-0.15, -0.1) is 5.92 Å². The zero-order chi connectivity index (χ0) is 11.9. The Balaban J connectivity index is 2.09. The number of aromatic amines is 1. The van der Waals surface area contributed by atoms with Gasteiger partial charge < -0.3 is 5.32 Å². The van der Waals surface area contributed by atoms with Gasteiger partial charge in [0.2, 0.25) is 0 Å². The number of hydrogen-bond donors (Lipinski definition) is 2. The quantitative estimate of drug-likeness (QED) is 0.615. The Hall–Kier alpha value is -2.12. The zero-order valence-electron chi connectivity index (χ0n) is 9.70. The van der Waals surface area contributed by atoms with Crippen LogP contribution in [-0.4, -0.2) is 22.0 Å². The van der Waals surface area contributed by atoms with E-state index in [0.29, 0.717) is 13.1 Å². The first-order valence-electron chi connectivity index (χ1n) is 5.47. The molecule has 1 aromatic carbocycles. The molecule has 2 aromatic rings. The molecule has 0 fully saturated rings. The molecule has 0 spiro atoms.